The van der Waals surface area contributed by atoms with Gasteiger partial charge in [-0.15, -0.1) is 0 Å². The molecule has 0 saturated carbocycles. The van der Waals surface area contributed by atoms with Crippen LogP contribution in [0.4, 0.5) is 5.69 Å². The average Bonchev–Trinajstić information content (AvgIpc) is 3.23. The highest BCUT2D eigenvalue weighted by Crippen LogP contribution is 2.23. The molecule has 0 aliphatic heterocycles. The lowest BCUT2D eigenvalue weighted by molar-refractivity contribution is -0.116. The number of likely N-dealkylation sites (N-methyl/N-ethyl adjacent to an activating group) is 1. The molecule has 0 radical (unpaired) electrons. The number of imidazole rings is 1. The third-order valence-electron chi connectivity index (χ3n) is 4.84. The van der Waals surface area contributed by atoms with Gasteiger partial charge in [-0.25, -0.2) is 13.4 Å². The average molecular weight is 447 g/mol. The van der Waals surface area contributed by atoms with E-state index in [4.69, 9.17) is 0 Å². The van der Waals surface area contributed by atoms with E-state index < -0.39 is 15.9 Å². The molecule has 3 aromatic carbocycles. The Labute approximate surface area is 186 Å². The molecule has 0 aliphatic carbocycles. The molecule has 1 heterocycles. The van der Waals surface area contributed by atoms with Crippen molar-refractivity contribution in [2.75, 3.05) is 18.9 Å². The van der Waals surface area contributed by atoms with E-state index >= 15 is 0 Å². The standard InChI is InChI=1S/C24H22N4O3S/c1-28(32(30,31)15-14-18-8-3-2-4-9-18)17-23(29)25-20-11-7-10-19(16-20)24-26-21-12-5-6-13-22(21)27-24/h2-16H,17H2,1H3,(H,25,29)(H,26,27). The van der Waals surface area contributed by atoms with Crippen LogP contribution < -0.4 is 5.32 Å². The summed E-state index contributed by atoms with van der Waals surface area (Å²) >= 11 is 0. The molecule has 1 amide bonds. The predicted octanol–water partition coefficient (Wildman–Crippen LogP) is 4.10. The number of rotatable bonds is 7. The van der Waals surface area contributed by atoms with Crippen molar-refractivity contribution in [1.29, 1.82) is 0 Å². The number of nitrogens with one attached hydrogen (secondary N) is 2. The van der Waals surface area contributed by atoms with Crippen molar-refractivity contribution in [1.82, 2.24) is 14.3 Å². The summed E-state index contributed by atoms with van der Waals surface area (Å²) in [5.74, 6) is 0.249. The predicted molar refractivity (Wildman–Crippen MR) is 127 cm³/mol. The van der Waals surface area contributed by atoms with Crippen LogP contribution in [0.25, 0.3) is 28.5 Å². The Morgan fingerprint density at radius 3 is 2.56 bits per heavy atom. The van der Waals surface area contributed by atoms with Crippen LogP contribution in [0.1, 0.15) is 5.56 Å². The fourth-order valence-corrected chi connectivity index (χ4v) is 3.99. The lowest BCUT2D eigenvalue weighted by Crippen LogP contribution is -2.33. The molecular weight excluding hydrogens is 424 g/mol. The second-order valence-electron chi connectivity index (χ2n) is 7.25. The van der Waals surface area contributed by atoms with Crippen molar-refractivity contribution in [2.24, 2.45) is 0 Å². The zero-order chi connectivity index (χ0) is 22.6. The monoisotopic (exact) mass is 446 g/mol. The molecule has 0 fully saturated rings. The first-order valence-corrected chi connectivity index (χ1v) is 11.5. The van der Waals surface area contributed by atoms with E-state index in [9.17, 15) is 13.2 Å². The van der Waals surface area contributed by atoms with Gasteiger partial charge in [0.1, 0.15) is 5.82 Å². The van der Waals surface area contributed by atoms with Gasteiger partial charge in [-0.1, -0.05) is 54.6 Å². The summed E-state index contributed by atoms with van der Waals surface area (Å²) < 4.78 is 25.9. The molecule has 2 N–H and O–H groups in total. The molecule has 8 heteroatoms. The van der Waals surface area contributed by atoms with Crippen molar-refractivity contribution < 1.29 is 13.2 Å². The Morgan fingerprint density at radius 1 is 1.03 bits per heavy atom. The van der Waals surface area contributed by atoms with Gasteiger partial charge in [0.15, 0.2) is 0 Å². The quantitative estimate of drug-likeness (QED) is 0.447. The van der Waals surface area contributed by atoms with Crippen molar-refractivity contribution in [3.8, 4) is 11.4 Å². The first-order valence-electron chi connectivity index (χ1n) is 9.95. The highest BCUT2D eigenvalue weighted by Gasteiger charge is 2.18. The first-order chi connectivity index (χ1) is 15.4. The number of sulfonamides is 1. The topological polar surface area (TPSA) is 95.2 Å². The highest BCUT2D eigenvalue weighted by atomic mass is 32.2. The minimum absolute atomic E-state index is 0.309. The van der Waals surface area contributed by atoms with Gasteiger partial charge in [-0.05, 0) is 35.9 Å². The Bertz CT molecular complexity index is 1350. The minimum Gasteiger partial charge on any atom is -0.338 e. The molecule has 0 saturated heterocycles. The van der Waals surface area contributed by atoms with Gasteiger partial charge >= 0.3 is 0 Å². The van der Waals surface area contributed by atoms with Gasteiger partial charge in [0.25, 0.3) is 0 Å². The molecule has 0 spiro atoms. The summed E-state index contributed by atoms with van der Waals surface area (Å²) in [6.07, 6.45) is 1.50. The molecule has 0 unspecified atom stereocenters. The number of H-pyrrole nitrogens is 1. The van der Waals surface area contributed by atoms with E-state index in [0.29, 0.717) is 11.5 Å². The molecule has 0 aliphatic rings. The Kier molecular flexibility index (Phi) is 6.16. The van der Waals surface area contributed by atoms with Crippen LogP contribution in [-0.4, -0.2) is 42.2 Å². The Morgan fingerprint density at radius 2 is 1.78 bits per heavy atom. The van der Waals surface area contributed by atoms with Gasteiger partial charge in [-0.2, -0.15) is 4.31 Å². The van der Waals surface area contributed by atoms with Crippen LogP contribution in [0.15, 0.2) is 84.3 Å². The third kappa shape index (κ3) is 5.11. The van der Waals surface area contributed by atoms with Gasteiger partial charge < -0.3 is 10.3 Å². The number of nitrogens with zero attached hydrogens (tertiary/aromatic N) is 2. The number of benzene rings is 3. The summed E-state index contributed by atoms with van der Waals surface area (Å²) in [6, 6.07) is 24.0. The van der Waals surface area contributed by atoms with Crippen molar-refractivity contribution in [3.05, 3.63) is 89.8 Å². The molecule has 1 aromatic heterocycles. The van der Waals surface area contributed by atoms with E-state index in [1.165, 1.54) is 13.1 Å². The summed E-state index contributed by atoms with van der Waals surface area (Å²) in [6.45, 7) is -0.309. The Hall–Kier alpha value is -3.75. The number of fused-ring (bicyclic) bond motifs is 1. The lowest BCUT2D eigenvalue weighted by Gasteiger charge is -2.14. The van der Waals surface area contributed by atoms with E-state index in [0.717, 1.165) is 31.9 Å². The van der Waals surface area contributed by atoms with Gasteiger partial charge in [0, 0.05) is 23.7 Å². The smallest absolute Gasteiger partial charge is 0.239 e. The van der Waals surface area contributed by atoms with E-state index in [1.54, 1.807) is 30.3 Å². The van der Waals surface area contributed by atoms with Gasteiger partial charge in [0.2, 0.25) is 15.9 Å². The number of carbonyl (C=O) groups excluding carboxylic acids is 1. The maximum atomic E-state index is 12.5. The van der Waals surface area contributed by atoms with Crippen LogP contribution in [0.3, 0.4) is 0 Å². The molecule has 0 bridgehead atoms. The zero-order valence-corrected chi connectivity index (χ0v) is 18.2. The van der Waals surface area contributed by atoms with E-state index in [1.807, 2.05) is 48.5 Å². The second kappa shape index (κ2) is 9.17. The van der Waals surface area contributed by atoms with Crippen LogP contribution in [0.2, 0.25) is 0 Å². The number of aromatic amines is 1. The fourth-order valence-electron chi connectivity index (χ4n) is 3.16. The van der Waals surface area contributed by atoms with Crippen molar-refractivity contribution >= 4 is 38.7 Å². The SMILES string of the molecule is CN(CC(=O)Nc1cccc(-c2nc3ccccc3[nH]2)c1)S(=O)(=O)C=Cc1ccccc1. The second-order valence-corrected chi connectivity index (χ2v) is 9.17. The molecular formula is C24H22N4O3S. The number of hydrogen-bond acceptors (Lipinski definition) is 4. The number of hydrogen-bond donors (Lipinski definition) is 2. The number of anilines is 1. The van der Waals surface area contributed by atoms with Gasteiger partial charge in [0.05, 0.1) is 17.6 Å². The summed E-state index contributed by atoms with van der Waals surface area (Å²) in [5.41, 5.74) is 3.90. The van der Waals surface area contributed by atoms with Crippen LogP contribution in [-0.2, 0) is 14.8 Å². The molecule has 4 rings (SSSR count). The number of amides is 1. The Balaban J connectivity index is 1.42. The molecule has 162 valence electrons. The highest BCUT2D eigenvalue weighted by molar-refractivity contribution is 7.92. The summed E-state index contributed by atoms with van der Waals surface area (Å²) in [4.78, 5) is 20.3. The molecule has 0 atom stereocenters. The summed E-state index contributed by atoms with van der Waals surface area (Å²) in [7, 11) is -2.36. The van der Waals surface area contributed by atoms with Crippen molar-refractivity contribution in [3.63, 3.8) is 0 Å². The number of aromatic nitrogens is 2. The normalized spacial score (nSPS) is 11.9. The largest absolute Gasteiger partial charge is 0.338 e. The summed E-state index contributed by atoms with van der Waals surface area (Å²) in [5, 5.41) is 3.85. The van der Waals surface area contributed by atoms with Crippen molar-refractivity contribution in [2.45, 2.75) is 0 Å². The number of para-hydroxylation sites is 2. The zero-order valence-electron chi connectivity index (χ0n) is 17.4. The fraction of sp³-hybridized carbons (Fsp3) is 0.0833. The maximum absolute atomic E-state index is 12.5. The van der Waals surface area contributed by atoms with Crippen LogP contribution in [0, 0.1) is 0 Å². The van der Waals surface area contributed by atoms with Crippen LogP contribution in [0.5, 0.6) is 0 Å². The maximum Gasteiger partial charge on any atom is 0.239 e. The third-order valence-corrected chi connectivity index (χ3v) is 6.32. The first kappa shape index (κ1) is 21.5. The van der Waals surface area contributed by atoms with Crippen LogP contribution >= 0.6 is 0 Å². The van der Waals surface area contributed by atoms with Gasteiger partial charge in [-0.3, -0.25) is 4.79 Å². The molecule has 32 heavy (non-hydrogen) atoms. The van der Waals surface area contributed by atoms with E-state index in [-0.39, 0.29) is 6.54 Å². The molecule has 4 aromatic rings. The lowest BCUT2D eigenvalue weighted by atomic mass is 10.2. The number of carbonyl (C=O) groups is 1. The van der Waals surface area contributed by atoms with E-state index in [2.05, 4.69) is 15.3 Å². The molecule has 7 nitrogen and oxygen atoms in total. The minimum atomic E-state index is -3.73.